The van der Waals surface area contributed by atoms with Crippen LogP contribution in [-0.4, -0.2) is 98.4 Å². The average Bonchev–Trinajstić information content (AvgIpc) is 3.50. The highest BCUT2D eigenvalue weighted by atomic mass is 79.9. The van der Waals surface area contributed by atoms with Gasteiger partial charge in [-0.3, -0.25) is 29.5 Å². The van der Waals surface area contributed by atoms with Crippen molar-refractivity contribution >= 4 is 50.7 Å². The number of morpholine rings is 1. The third kappa shape index (κ3) is 8.27. The van der Waals surface area contributed by atoms with Crippen molar-refractivity contribution in [3.05, 3.63) is 80.1 Å². The SMILES string of the molecule is CNc1cncc(C(=O)N2C[C@H](Nc3c(C(=O)N4C[C@@H](C)O[C@@H](C)C4)cc(Br)cc3[N+](=O)[O-])C[C@H]2C(=O)NCc2ccnc(C(F)(F)F)n2)c1. The van der Waals surface area contributed by atoms with E-state index < -0.39 is 59.0 Å². The van der Waals surface area contributed by atoms with E-state index >= 15 is 0 Å². The first-order valence-corrected chi connectivity index (χ1v) is 16.2. The Kier molecular flexibility index (Phi) is 10.8. The van der Waals surface area contributed by atoms with Crippen LogP contribution >= 0.6 is 15.9 Å². The number of nitro benzene ring substituents is 1. The van der Waals surface area contributed by atoms with Crippen LogP contribution in [0.25, 0.3) is 0 Å². The predicted molar refractivity (Wildman–Crippen MR) is 176 cm³/mol. The second-order valence-electron chi connectivity index (χ2n) is 11.9. The number of nitrogens with one attached hydrogen (secondary N) is 3. The van der Waals surface area contributed by atoms with Gasteiger partial charge >= 0.3 is 6.18 Å². The van der Waals surface area contributed by atoms with Gasteiger partial charge in [0, 0.05) is 61.9 Å². The highest BCUT2D eigenvalue weighted by molar-refractivity contribution is 9.10. The molecule has 19 heteroatoms. The van der Waals surface area contributed by atoms with Gasteiger partial charge in [-0.25, -0.2) is 9.97 Å². The molecule has 0 unspecified atom stereocenters. The van der Waals surface area contributed by atoms with Crippen molar-refractivity contribution in [1.29, 1.82) is 0 Å². The van der Waals surface area contributed by atoms with Crippen LogP contribution in [0.1, 0.15) is 52.5 Å². The molecule has 15 nitrogen and oxygen atoms in total. The Morgan fingerprint density at radius 1 is 1.10 bits per heavy atom. The first-order valence-electron chi connectivity index (χ1n) is 15.4. The number of carbonyl (C=O) groups is 3. The average molecular weight is 765 g/mol. The van der Waals surface area contributed by atoms with Crippen LogP contribution in [-0.2, 0) is 22.3 Å². The topological polar surface area (TPSA) is 185 Å². The number of carbonyl (C=O) groups excluding carboxylic acids is 3. The van der Waals surface area contributed by atoms with E-state index in [0.717, 1.165) is 6.20 Å². The van der Waals surface area contributed by atoms with E-state index in [2.05, 4.69) is 46.8 Å². The molecule has 50 heavy (non-hydrogen) atoms. The number of hydrogen-bond acceptors (Lipinski definition) is 11. The largest absolute Gasteiger partial charge is 0.451 e. The lowest BCUT2D eigenvalue weighted by Crippen LogP contribution is -2.48. The number of alkyl halides is 3. The maximum Gasteiger partial charge on any atom is 0.451 e. The van der Waals surface area contributed by atoms with Crippen LogP contribution in [0.15, 0.2) is 47.3 Å². The number of aromatic nitrogens is 3. The molecule has 0 aliphatic carbocycles. The Bertz CT molecular complexity index is 1790. The predicted octanol–water partition coefficient (Wildman–Crippen LogP) is 3.86. The van der Waals surface area contributed by atoms with Crippen LogP contribution in [0, 0.1) is 10.1 Å². The lowest BCUT2D eigenvalue weighted by atomic mass is 10.1. The third-order valence-corrected chi connectivity index (χ3v) is 8.57. The lowest BCUT2D eigenvalue weighted by molar-refractivity contribution is -0.384. The summed E-state index contributed by atoms with van der Waals surface area (Å²) < 4.78 is 45.5. The van der Waals surface area contributed by atoms with E-state index in [1.807, 2.05) is 13.8 Å². The molecule has 2 fully saturated rings. The molecular formula is C31H33BrF3N9O6. The molecule has 3 N–H and O–H groups in total. The zero-order valence-corrected chi connectivity index (χ0v) is 28.6. The van der Waals surface area contributed by atoms with Gasteiger partial charge in [0.1, 0.15) is 11.7 Å². The minimum Gasteiger partial charge on any atom is -0.387 e. The number of halogens is 4. The summed E-state index contributed by atoms with van der Waals surface area (Å²) in [7, 11) is 1.64. The molecule has 266 valence electrons. The molecule has 5 rings (SSSR count). The van der Waals surface area contributed by atoms with Gasteiger partial charge in [-0.2, -0.15) is 13.2 Å². The second kappa shape index (κ2) is 14.9. The van der Waals surface area contributed by atoms with E-state index in [-0.39, 0.29) is 60.8 Å². The molecule has 1 aromatic carbocycles. The molecular weight excluding hydrogens is 731 g/mol. The number of likely N-dealkylation sites (tertiary alicyclic amines) is 1. The van der Waals surface area contributed by atoms with Crippen molar-refractivity contribution in [3.63, 3.8) is 0 Å². The summed E-state index contributed by atoms with van der Waals surface area (Å²) in [5.41, 5.74) is 0.0640. The molecule has 4 atom stereocenters. The van der Waals surface area contributed by atoms with Crippen LogP contribution in [0.5, 0.6) is 0 Å². The van der Waals surface area contributed by atoms with Gasteiger partial charge in [0.15, 0.2) is 0 Å². The number of benzene rings is 1. The van der Waals surface area contributed by atoms with Crippen molar-refractivity contribution < 1.29 is 37.2 Å². The molecule has 0 spiro atoms. The number of nitro groups is 1. The van der Waals surface area contributed by atoms with E-state index in [0.29, 0.717) is 10.2 Å². The Hall–Kier alpha value is -4.91. The van der Waals surface area contributed by atoms with Crippen LogP contribution in [0.3, 0.4) is 0 Å². The van der Waals surface area contributed by atoms with E-state index in [9.17, 15) is 37.7 Å². The van der Waals surface area contributed by atoms with Gasteiger partial charge in [-0.05, 0) is 38.5 Å². The number of rotatable bonds is 9. The van der Waals surface area contributed by atoms with E-state index in [4.69, 9.17) is 4.74 Å². The Balaban J connectivity index is 1.45. The minimum atomic E-state index is -4.79. The number of anilines is 2. The number of nitrogens with zero attached hydrogens (tertiary/aromatic N) is 6. The van der Waals surface area contributed by atoms with E-state index in [1.165, 1.54) is 41.6 Å². The summed E-state index contributed by atoms with van der Waals surface area (Å²) in [4.78, 5) is 66.5. The Labute approximate surface area is 292 Å². The molecule has 3 amide bonds. The third-order valence-electron chi connectivity index (χ3n) is 8.11. The zero-order chi connectivity index (χ0) is 36.3. The van der Waals surface area contributed by atoms with Gasteiger partial charge in [-0.15, -0.1) is 0 Å². The quantitative estimate of drug-likeness (QED) is 0.212. The summed E-state index contributed by atoms with van der Waals surface area (Å²) >= 11 is 3.27. The van der Waals surface area contributed by atoms with Crippen LogP contribution in [0.2, 0.25) is 0 Å². The van der Waals surface area contributed by atoms with Gasteiger partial charge in [-0.1, -0.05) is 15.9 Å². The number of hydrogen-bond donors (Lipinski definition) is 3. The highest BCUT2D eigenvalue weighted by Gasteiger charge is 2.42. The smallest absolute Gasteiger partial charge is 0.387 e. The number of amides is 3. The van der Waals surface area contributed by atoms with Crippen LogP contribution in [0.4, 0.5) is 30.2 Å². The fourth-order valence-corrected chi connectivity index (χ4v) is 6.42. The van der Waals surface area contributed by atoms with Crippen molar-refractivity contribution in [2.75, 3.05) is 37.3 Å². The zero-order valence-electron chi connectivity index (χ0n) is 27.0. The Morgan fingerprint density at radius 3 is 2.48 bits per heavy atom. The molecule has 2 aliphatic rings. The van der Waals surface area contributed by atoms with Crippen molar-refractivity contribution in [1.82, 2.24) is 30.1 Å². The van der Waals surface area contributed by atoms with Gasteiger partial charge in [0.05, 0.1) is 46.2 Å². The maximum atomic E-state index is 13.9. The number of pyridine rings is 1. The normalized spacial score (nSPS) is 20.7. The highest BCUT2D eigenvalue weighted by Crippen LogP contribution is 2.36. The first kappa shape index (κ1) is 36.4. The molecule has 0 radical (unpaired) electrons. The number of ether oxygens (including phenoxy) is 1. The van der Waals surface area contributed by atoms with Gasteiger partial charge < -0.3 is 30.5 Å². The molecule has 2 saturated heterocycles. The fraction of sp³-hybridized carbons (Fsp3) is 0.419. The second-order valence-corrected chi connectivity index (χ2v) is 12.8. The van der Waals surface area contributed by atoms with E-state index in [1.54, 1.807) is 11.9 Å². The molecule has 0 bridgehead atoms. The molecule has 4 heterocycles. The minimum absolute atomic E-state index is 0.00769. The maximum absolute atomic E-state index is 13.9. The van der Waals surface area contributed by atoms with Gasteiger partial charge in [0.25, 0.3) is 17.5 Å². The Morgan fingerprint density at radius 2 is 1.82 bits per heavy atom. The summed E-state index contributed by atoms with van der Waals surface area (Å²) in [6.45, 7) is 3.62. The summed E-state index contributed by atoms with van der Waals surface area (Å²) in [6, 6.07) is 3.52. The van der Waals surface area contributed by atoms with Crippen molar-refractivity contribution in [2.24, 2.45) is 0 Å². The molecule has 2 aromatic heterocycles. The standard InChI is InChI=1S/C31H33BrF3N9O6/c1-16-13-42(14-17(2)50-16)29(47)23-7-19(32)8-24(44(48)49)26(23)40-22-9-25(43(15-22)28(46)18-6-21(36-3)11-37-10-18)27(45)39-12-20-4-5-38-30(41-20)31(33,34)35/h4-8,10-11,16-17,22,25,36,40H,9,12-15H2,1-3H3,(H,39,45)/t16-,17+,22-,25+/m1/s1. The molecule has 2 aliphatic heterocycles. The fourth-order valence-electron chi connectivity index (χ4n) is 5.97. The summed E-state index contributed by atoms with van der Waals surface area (Å²) in [5.74, 6) is -3.13. The first-order chi connectivity index (χ1) is 23.6. The molecule has 3 aromatic rings. The molecule has 0 saturated carbocycles. The summed E-state index contributed by atoms with van der Waals surface area (Å²) in [5, 5.41) is 20.8. The monoisotopic (exact) mass is 763 g/mol. The van der Waals surface area contributed by atoms with Crippen LogP contribution < -0.4 is 16.0 Å². The van der Waals surface area contributed by atoms with Gasteiger partial charge in [0.2, 0.25) is 11.7 Å². The summed E-state index contributed by atoms with van der Waals surface area (Å²) in [6.07, 6.45) is -1.67. The van der Waals surface area contributed by atoms with Crippen molar-refractivity contribution in [2.45, 2.75) is 57.3 Å². The lowest BCUT2D eigenvalue weighted by Gasteiger charge is -2.35. The van der Waals surface area contributed by atoms with Crippen molar-refractivity contribution in [3.8, 4) is 0 Å².